The predicted molar refractivity (Wildman–Crippen MR) is 82.1 cm³/mol. The molecule has 0 aromatic carbocycles. The molecule has 0 saturated carbocycles. The molecule has 0 saturated heterocycles. The summed E-state index contributed by atoms with van der Waals surface area (Å²) in [4.78, 5) is 16.0. The largest absolute Gasteiger partial charge is 0.326 e. The summed E-state index contributed by atoms with van der Waals surface area (Å²) in [5.41, 5.74) is 0.889. The van der Waals surface area contributed by atoms with Crippen LogP contribution in [0.3, 0.4) is 0 Å². The first kappa shape index (κ1) is 15.6. The van der Waals surface area contributed by atoms with Gasteiger partial charge in [0.05, 0.1) is 6.54 Å². The Kier molecular flexibility index (Phi) is 3.68. The zero-order valence-corrected chi connectivity index (χ0v) is 13.2. The standard InChI is InChI=1S/C15H13ClF2N4O/c1-9-5-14(23)22-13(6-11(20-22)15(2,17)18)21(9)8-10-3-4-12(16)19-7-10/h3-7H,8H2,1-2H3. The van der Waals surface area contributed by atoms with Gasteiger partial charge < -0.3 is 4.57 Å². The minimum atomic E-state index is -3.12. The van der Waals surface area contributed by atoms with Gasteiger partial charge in [0.2, 0.25) is 0 Å². The maximum atomic E-state index is 13.5. The lowest BCUT2D eigenvalue weighted by Gasteiger charge is -2.12. The highest BCUT2D eigenvalue weighted by Crippen LogP contribution is 2.26. The Morgan fingerprint density at radius 2 is 2.04 bits per heavy atom. The molecular weight excluding hydrogens is 326 g/mol. The number of aryl methyl sites for hydroxylation is 1. The number of hydrogen-bond donors (Lipinski definition) is 0. The van der Waals surface area contributed by atoms with Crippen molar-refractivity contribution >= 4 is 17.2 Å². The average Bonchev–Trinajstić information content (AvgIpc) is 2.91. The van der Waals surface area contributed by atoms with Crippen LogP contribution in [-0.4, -0.2) is 19.2 Å². The number of alkyl halides is 2. The lowest BCUT2D eigenvalue weighted by Crippen LogP contribution is -2.20. The third-order valence-corrected chi connectivity index (χ3v) is 3.74. The molecule has 0 atom stereocenters. The Labute approximate surface area is 135 Å². The Hall–Kier alpha value is -2.28. The van der Waals surface area contributed by atoms with Crippen LogP contribution >= 0.6 is 11.6 Å². The van der Waals surface area contributed by atoms with Crippen molar-refractivity contribution in [2.24, 2.45) is 0 Å². The number of fused-ring (bicyclic) bond motifs is 1. The lowest BCUT2D eigenvalue weighted by molar-refractivity contribution is 0.0125. The van der Waals surface area contributed by atoms with Gasteiger partial charge in [-0.05, 0) is 18.6 Å². The molecular formula is C15H13ClF2N4O. The molecule has 3 aromatic heterocycles. The molecule has 120 valence electrons. The number of hydrogen-bond acceptors (Lipinski definition) is 3. The summed E-state index contributed by atoms with van der Waals surface area (Å²) >= 11 is 5.76. The van der Waals surface area contributed by atoms with Gasteiger partial charge >= 0.3 is 0 Å². The number of halogens is 3. The molecule has 0 amide bonds. The number of nitrogens with zero attached hydrogens (tertiary/aromatic N) is 4. The molecule has 0 bridgehead atoms. The maximum Gasteiger partial charge on any atom is 0.288 e. The van der Waals surface area contributed by atoms with Gasteiger partial charge in [0, 0.05) is 30.9 Å². The molecule has 0 fully saturated rings. The average molecular weight is 339 g/mol. The van der Waals surface area contributed by atoms with E-state index in [0.717, 1.165) is 17.0 Å². The number of rotatable bonds is 3. The second-order valence-electron chi connectivity index (χ2n) is 5.39. The smallest absolute Gasteiger partial charge is 0.288 e. The molecule has 3 rings (SSSR count). The van der Waals surface area contributed by atoms with Crippen LogP contribution in [0, 0.1) is 6.92 Å². The highest BCUT2D eigenvalue weighted by Gasteiger charge is 2.29. The first-order chi connectivity index (χ1) is 10.8. The lowest BCUT2D eigenvalue weighted by atomic mass is 10.2. The molecule has 3 aromatic rings. The Balaban J connectivity index is 2.17. The molecule has 8 heteroatoms. The summed E-state index contributed by atoms with van der Waals surface area (Å²) in [6.45, 7) is 2.85. The molecule has 0 radical (unpaired) electrons. The summed E-state index contributed by atoms with van der Waals surface area (Å²) in [5.74, 6) is -3.12. The van der Waals surface area contributed by atoms with Gasteiger partial charge in [0.15, 0.2) is 0 Å². The third-order valence-electron chi connectivity index (χ3n) is 3.51. The Morgan fingerprint density at radius 1 is 1.30 bits per heavy atom. The molecule has 0 unspecified atom stereocenters. The molecule has 0 aliphatic heterocycles. The molecule has 5 nitrogen and oxygen atoms in total. The zero-order valence-electron chi connectivity index (χ0n) is 12.4. The highest BCUT2D eigenvalue weighted by molar-refractivity contribution is 6.29. The molecule has 3 heterocycles. The normalized spacial score (nSPS) is 12.0. The van der Waals surface area contributed by atoms with Gasteiger partial charge in [-0.2, -0.15) is 18.4 Å². The van der Waals surface area contributed by atoms with E-state index in [4.69, 9.17) is 11.6 Å². The van der Waals surface area contributed by atoms with E-state index in [1.165, 1.54) is 12.1 Å². The van der Waals surface area contributed by atoms with E-state index in [2.05, 4.69) is 10.1 Å². The van der Waals surface area contributed by atoms with Crippen molar-refractivity contribution in [2.45, 2.75) is 26.3 Å². The summed E-state index contributed by atoms with van der Waals surface area (Å²) in [6, 6.07) is 6.03. The summed E-state index contributed by atoms with van der Waals surface area (Å²) in [7, 11) is 0. The zero-order chi connectivity index (χ0) is 16.8. The minimum Gasteiger partial charge on any atom is -0.326 e. The Bertz CT molecular complexity index is 926. The van der Waals surface area contributed by atoms with Crippen molar-refractivity contribution in [3.05, 3.63) is 62.9 Å². The van der Waals surface area contributed by atoms with Crippen LogP contribution in [0.15, 0.2) is 35.3 Å². The van der Waals surface area contributed by atoms with Crippen molar-refractivity contribution in [2.75, 3.05) is 0 Å². The van der Waals surface area contributed by atoms with Crippen LogP contribution < -0.4 is 5.56 Å². The third kappa shape index (κ3) is 2.96. The first-order valence-corrected chi connectivity index (χ1v) is 7.22. The van der Waals surface area contributed by atoms with Crippen LogP contribution in [0.4, 0.5) is 8.78 Å². The predicted octanol–water partition coefficient (Wildman–Crippen LogP) is 3.01. The number of aromatic nitrogens is 4. The van der Waals surface area contributed by atoms with Crippen molar-refractivity contribution < 1.29 is 8.78 Å². The van der Waals surface area contributed by atoms with Crippen LogP contribution in [0.5, 0.6) is 0 Å². The van der Waals surface area contributed by atoms with E-state index < -0.39 is 17.2 Å². The van der Waals surface area contributed by atoms with Crippen molar-refractivity contribution in [1.82, 2.24) is 19.2 Å². The molecule has 0 aliphatic rings. The maximum absolute atomic E-state index is 13.5. The van der Waals surface area contributed by atoms with Crippen molar-refractivity contribution in [3.8, 4) is 0 Å². The topological polar surface area (TPSA) is 52.2 Å². The Morgan fingerprint density at radius 3 is 2.65 bits per heavy atom. The second-order valence-corrected chi connectivity index (χ2v) is 5.77. The van der Waals surface area contributed by atoms with Crippen LogP contribution in [-0.2, 0) is 12.5 Å². The summed E-state index contributed by atoms with van der Waals surface area (Å²) in [6.07, 6.45) is 1.60. The van der Waals surface area contributed by atoms with Crippen LogP contribution in [0.1, 0.15) is 23.9 Å². The first-order valence-electron chi connectivity index (χ1n) is 6.84. The minimum absolute atomic E-state index is 0.307. The van der Waals surface area contributed by atoms with Crippen molar-refractivity contribution in [1.29, 1.82) is 0 Å². The summed E-state index contributed by atoms with van der Waals surface area (Å²) < 4.78 is 29.8. The fourth-order valence-corrected chi connectivity index (χ4v) is 2.44. The second kappa shape index (κ2) is 5.42. The van der Waals surface area contributed by atoms with Gasteiger partial charge in [-0.15, -0.1) is 0 Å². The van der Waals surface area contributed by atoms with Gasteiger partial charge in [-0.3, -0.25) is 4.79 Å². The molecule has 0 aliphatic carbocycles. The van der Waals surface area contributed by atoms with E-state index in [-0.39, 0.29) is 0 Å². The summed E-state index contributed by atoms with van der Waals surface area (Å²) in [5, 5.41) is 4.11. The van der Waals surface area contributed by atoms with E-state index in [1.54, 1.807) is 29.8 Å². The highest BCUT2D eigenvalue weighted by atomic mass is 35.5. The van der Waals surface area contributed by atoms with E-state index >= 15 is 0 Å². The van der Waals surface area contributed by atoms with Crippen LogP contribution in [0.2, 0.25) is 5.15 Å². The molecule has 23 heavy (non-hydrogen) atoms. The van der Waals surface area contributed by atoms with Gasteiger partial charge in [0.25, 0.3) is 11.5 Å². The van der Waals surface area contributed by atoms with Crippen LogP contribution in [0.25, 0.3) is 5.65 Å². The SMILES string of the molecule is Cc1cc(=O)n2nc(C(C)(F)F)cc2n1Cc1ccc(Cl)nc1. The number of pyridine rings is 1. The van der Waals surface area contributed by atoms with Gasteiger partial charge in [0.1, 0.15) is 16.5 Å². The quantitative estimate of drug-likeness (QED) is 0.690. The van der Waals surface area contributed by atoms with Crippen molar-refractivity contribution in [3.63, 3.8) is 0 Å². The van der Waals surface area contributed by atoms with E-state index in [9.17, 15) is 13.6 Å². The molecule has 0 spiro atoms. The molecule has 0 N–H and O–H groups in total. The monoisotopic (exact) mass is 338 g/mol. The fourth-order valence-electron chi connectivity index (χ4n) is 2.33. The van der Waals surface area contributed by atoms with E-state index in [1.807, 2.05) is 0 Å². The fraction of sp³-hybridized carbons (Fsp3) is 0.267. The van der Waals surface area contributed by atoms with Gasteiger partial charge in [-0.1, -0.05) is 17.7 Å². The van der Waals surface area contributed by atoms with Gasteiger partial charge in [-0.25, -0.2) is 4.98 Å². The van der Waals surface area contributed by atoms with E-state index in [0.29, 0.717) is 23.0 Å².